The van der Waals surface area contributed by atoms with Gasteiger partial charge in [0.2, 0.25) is 0 Å². The van der Waals surface area contributed by atoms with Crippen LogP contribution in [0.15, 0.2) is 261 Å². The first-order chi connectivity index (χ1) is 33.7. The molecule has 0 saturated heterocycles. The van der Waals surface area contributed by atoms with Gasteiger partial charge in [-0.15, -0.1) is 0 Å². The molecular weight excluding hydrogens is 819 g/mol. The fourth-order valence-electron chi connectivity index (χ4n) is 11.9. The predicted octanol–water partition coefficient (Wildman–Crippen LogP) is 17.6. The maximum Gasteiger partial charge on any atom is 0.0714 e. The Morgan fingerprint density at radius 1 is 0.250 bits per heavy atom. The SMILES string of the molecule is c1ccc(C2(c3ccccc3)c3cc(-c4cccc5ccccc45)ccc3-c3ccc(-n4c5ccc(-c6cccc7ccccc67)cc5c5cc(-c6cccc7ccccc67)ccc54)cc32)cc1. The van der Waals surface area contributed by atoms with Gasteiger partial charge in [-0.25, -0.2) is 0 Å². The van der Waals surface area contributed by atoms with Crippen LogP contribution in [-0.4, -0.2) is 4.57 Å². The van der Waals surface area contributed by atoms with Crippen molar-refractivity contribution < 1.29 is 0 Å². The Labute approximate surface area is 395 Å². The summed E-state index contributed by atoms with van der Waals surface area (Å²) in [5.41, 5.74) is 17.9. The van der Waals surface area contributed by atoms with E-state index in [4.69, 9.17) is 0 Å². The first-order valence-electron chi connectivity index (χ1n) is 23.7. The summed E-state index contributed by atoms with van der Waals surface area (Å²) in [4.78, 5) is 0. The van der Waals surface area contributed by atoms with E-state index in [-0.39, 0.29) is 0 Å². The molecule has 1 nitrogen and oxygen atoms in total. The summed E-state index contributed by atoms with van der Waals surface area (Å²) in [7, 11) is 0. The van der Waals surface area contributed by atoms with E-state index in [0.29, 0.717) is 0 Å². The Kier molecular flexibility index (Phi) is 8.57. The highest BCUT2D eigenvalue weighted by Gasteiger charge is 2.46. The standard InChI is InChI=1S/C67H43N/c1-3-22-50(23-4-1)67(51-24-5-2-6-25-51)63-42-49(58-31-15-21-46-18-9-12-28-55(46)58)32-36-59(63)60-37-35-52(43-64(60)67)68-65-38-33-47(56-29-13-19-44-16-7-10-26-53(44)56)40-61(65)62-41-48(34-39-66(62)68)57-30-14-20-45-17-8-11-27-54(45)57/h1-43H. The van der Waals surface area contributed by atoms with Crippen molar-refractivity contribution in [3.8, 4) is 50.2 Å². The van der Waals surface area contributed by atoms with Crippen LogP contribution >= 0.6 is 0 Å². The lowest BCUT2D eigenvalue weighted by Crippen LogP contribution is -2.28. The number of benzene rings is 12. The van der Waals surface area contributed by atoms with Gasteiger partial charge in [-0.2, -0.15) is 0 Å². The summed E-state index contributed by atoms with van der Waals surface area (Å²) >= 11 is 0. The van der Waals surface area contributed by atoms with Crippen molar-refractivity contribution in [1.82, 2.24) is 4.57 Å². The molecule has 316 valence electrons. The number of hydrogen-bond donors (Lipinski definition) is 0. The molecule has 1 heteroatoms. The quantitative estimate of drug-likeness (QED) is 0.157. The molecule has 0 amide bonds. The number of aromatic nitrogens is 1. The van der Waals surface area contributed by atoms with Gasteiger partial charge in [0.25, 0.3) is 0 Å². The van der Waals surface area contributed by atoms with Crippen LogP contribution in [0.1, 0.15) is 22.3 Å². The van der Waals surface area contributed by atoms with Crippen molar-refractivity contribution in [3.05, 3.63) is 283 Å². The molecule has 0 saturated carbocycles. The Morgan fingerprint density at radius 3 is 1.12 bits per heavy atom. The smallest absolute Gasteiger partial charge is 0.0714 e. The van der Waals surface area contributed by atoms with E-state index in [0.717, 1.165) is 5.69 Å². The van der Waals surface area contributed by atoms with E-state index < -0.39 is 5.41 Å². The molecule has 1 heterocycles. The topological polar surface area (TPSA) is 4.93 Å². The lowest BCUT2D eigenvalue weighted by molar-refractivity contribution is 0.768. The fourth-order valence-corrected chi connectivity index (χ4v) is 11.9. The molecule has 14 rings (SSSR count). The van der Waals surface area contributed by atoms with E-state index in [9.17, 15) is 0 Å². The second-order valence-corrected chi connectivity index (χ2v) is 18.4. The highest BCUT2D eigenvalue weighted by molar-refractivity contribution is 6.13. The van der Waals surface area contributed by atoms with E-state index in [1.807, 2.05) is 0 Å². The van der Waals surface area contributed by atoms with Crippen LogP contribution in [-0.2, 0) is 5.41 Å². The molecule has 13 aromatic rings. The maximum atomic E-state index is 2.51. The Morgan fingerprint density at radius 2 is 0.632 bits per heavy atom. The van der Waals surface area contributed by atoms with E-state index in [1.54, 1.807) is 0 Å². The molecule has 0 radical (unpaired) electrons. The predicted molar refractivity (Wildman–Crippen MR) is 287 cm³/mol. The van der Waals surface area contributed by atoms with Crippen LogP contribution in [0.3, 0.4) is 0 Å². The van der Waals surface area contributed by atoms with Gasteiger partial charge in [-0.3, -0.25) is 0 Å². The van der Waals surface area contributed by atoms with E-state index >= 15 is 0 Å². The molecule has 0 atom stereocenters. The van der Waals surface area contributed by atoms with Crippen LogP contribution in [0.25, 0.3) is 104 Å². The number of nitrogens with zero attached hydrogens (tertiary/aromatic N) is 1. The molecule has 1 aliphatic carbocycles. The molecule has 0 N–H and O–H groups in total. The van der Waals surface area contributed by atoms with Gasteiger partial charge in [-0.05, 0) is 142 Å². The largest absolute Gasteiger partial charge is 0.309 e. The van der Waals surface area contributed by atoms with Crippen molar-refractivity contribution in [1.29, 1.82) is 0 Å². The van der Waals surface area contributed by atoms with Crippen molar-refractivity contribution in [2.24, 2.45) is 0 Å². The maximum absolute atomic E-state index is 2.51. The van der Waals surface area contributed by atoms with Crippen LogP contribution in [0.2, 0.25) is 0 Å². The third-order valence-corrected chi connectivity index (χ3v) is 14.9. The summed E-state index contributed by atoms with van der Waals surface area (Å²) in [6.07, 6.45) is 0. The Balaban J connectivity index is 1.04. The number of hydrogen-bond acceptors (Lipinski definition) is 0. The van der Waals surface area contributed by atoms with Crippen LogP contribution in [0, 0.1) is 0 Å². The number of fused-ring (bicyclic) bond motifs is 9. The van der Waals surface area contributed by atoms with Gasteiger partial charge in [0.15, 0.2) is 0 Å². The third-order valence-electron chi connectivity index (χ3n) is 14.9. The summed E-state index contributed by atoms with van der Waals surface area (Å²) < 4.78 is 2.51. The minimum absolute atomic E-state index is 0.592. The molecule has 0 bridgehead atoms. The van der Waals surface area contributed by atoms with Crippen molar-refractivity contribution in [2.45, 2.75) is 5.41 Å². The van der Waals surface area contributed by atoms with Gasteiger partial charge >= 0.3 is 0 Å². The molecule has 0 aliphatic heterocycles. The van der Waals surface area contributed by atoms with Crippen LogP contribution in [0.5, 0.6) is 0 Å². The average Bonchev–Trinajstić information content (AvgIpc) is 3.90. The highest BCUT2D eigenvalue weighted by atomic mass is 15.0. The lowest BCUT2D eigenvalue weighted by atomic mass is 9.67. The molecule has 68 heavy (non-hydrogen) atoms. The molecule has 1 aromatic heterocycles. The molecule has 12 aromatic carbocycles. The van der Waals surface area contributed by atoms with Crippen molar-refractivity contribution >= 4 is 54.1 Å². The summed E-state index contributed by atoms with van der Waals surface area (Å²) in [6, 6.07) is 97.2. The lowest BCUT2D eigenvalue weighted by Gasteiger charge is -2.34. The summed E-state index contributed by atoms with van der Waals surface area (Å²) in [6.45, 7) is 0. The first kappa shape index (κ1) is 38.5. The van der Waals surface area contributed by atoms with Gasteiger partial charge in [0.05, 0.1) is 16.4 Å². The zero-order valence-corrected chi connectivity index (χ0v) is 37.3. The van der Waals surface area contributed by atoms with Crippen molar-refractivity contribution in [2.75, 3.05) is 0 Å². The fraction of sp³-hybridized carbons (Fsp3) is 0.0149. The van der Waals surface area contributed by atoms with Gasteiger partial charge in [-0.1, -0.05) is 218 Å². The van der Waals surface area contributed by atoms with Crippen molar-refractivity contribution in [3.63, 3.8) is 0 Å². The van der Waals surface area contributed by atoms with E-state index in [2.05, 4.69) is 265 Å². The summed E-state index contributed by atoms with van der Waals surface area (Å²) in [5.74, 6) is 0. The highest BCUT2D eigenvalue weighted by Crippen LogP contribution is 2.57. The molecule has 1 aliphatic rings. The monoisotopic (exact) mass is 861 g/mol. The minimum atomic E-state index is -0.592. The zero-order valence-electron chi connectivity index (χ0n) is 37.3. The molecular formula is C67H43N. The average molecular weight is 862 g/mol. The second-order valence-electron chi connectivity index (χ2n) is 18.4. The molecule has 0 unspecified atom stereocenters. The minimum Gasteiger partial charge on any atom is -0.309 e. The molecule has 0 spiro atoms. The van der Waals surface area contributed by atoms with Gasteiger partial charge < -0.3 is 4.57 Å². The summed E-state index contributed by atoms with van der Waals surface area (Å²) in [5, 5.41) is 9.97. The van der Waals surface area contributed by atoms with Gasteiger partial charge in [0.1, 0.15) is 0 Å². The van der Waals surface area contributed by atoms with E-state index in [1.165, 1.54) is 121 Å². The molecule has 0 fully saturated rings. The Hall–Kier alpha value is -8.78. The van der Waals surface area contributed by atoms with Gasteiger partial charge in [0, 0.05) is 16.5 Å². The Bertz CT molecular complexity index is 3950. The van der Waals surface area contributed by atoms with Crippen LogP contribution < -0.4 is 0 Å². The number of rotatable bonds is 6. The second kappa shape index (κ2) is 15.1. The zero-order chi connectivity index (χ0) is 44.8. The normalized spacial score (nSPS) is 12.8. The first-order valence-corrected chi connectivity index (χ1v) is 23.7. The third kappa shape index (κ3) is 5.69. The van der Waals surface area contributed by atoms with Crippen LogP contribution in [0.4, 0.5) is 0 Å².